The van der Waals surface area contributed by atoms with E-state index in [2.05, 4.69) is 31.7 Å². The van der Waals surface area contributed by atoms with Gasteiger partial charge in [0.1, 0.15) is 0 Å². The lowest BCUT2D eigenvalue weighted by atomic mass is 9.97. The quantitative estimate of drug-likeness (QED) is 0.437. The van der Waals surface area contributed by atoms with Crippen molar-refractivity contribution in [2.24, 2.45) is 10.2 Å². The van der Waals surface area contributed by atoms with Gasteiger partial charge in [0.2, 0.25) is 0 Å². The van der Waals surface area contributed by atoms with E-state index in [1.165, 1.54) is 0 Å². The number of nitrogens with one attached hydrogen (secondary N) is 4. The summed E-state index contributed by atoms with van der Waals surface area (Å²) in [7, 11) is 3.51. The summed E-state index contributed by atoms with van der Waals surface area (Å²) >= 11 is 9.91. The van der Waals surface area contributed by atoms with Gasteiger partial charge >= 0.3 is 0 Å². The minimum Gasteiger partial charge on any atom is -0.364 e. The van der Waals surface area contributed by atoms with Gasteiger partial charge in [0.15, 0.2) is 10.2 Å². The van der Waals surface area contributed by atoms with Gasteiger partial charge in [0.25, 0.3) is 0 Å². The van der Waals surface area contributed by atoms with E-state index in [0.29, 0.717) is 10.2 Å². The third-order valence-electron chi connectivity index (χ3n) is 2.42. The molecule has 1 aliphatic carbocycles. The summed E-state index contributed by atoms with van der Waals surface area (Å²) in [5, 5.41) is 15.2. The summed E-state index contributed by atoms with van der Waals surface area (Å²) in [4.78, 5) is 0. The third-order valence-corrected chi connectivity index (χ3v) is 3.01. The second-order valence-corrected chi connectivity index (χ2v) is 4.58. The Morgan fingerprint density at radius 1 is 0.944 bits per heavy atom. The predicted molar refractivity (Wildman–Crippen MR) is 82.9 cm³/mol. The highest BCUT2D eigenvalue weighted by Crippen LogP contribution is 2.12. The molecular formula is C10H18N6S2. The molecule has 0 aromatic carbocycles. The molecule has 0 spiro atoms. The van der Waals surface area contributed by atoms with E-state index in [0.717, 1.165) is 37.1 Å². The second-order valence-electron chi connectivity index (χ2n) is 3.77. The van der Waals surface area contributed by atoms with Crippen LogP contribution in [0.1, 0.15) is 25.7 Å². The lowest BCUT2D eigenvalue weighted by Gasteiger charge is -2.15. The first-order valence-electron chi connectivity index (χ1n) is 5.72. The molecular weight excluding hydrogens is 268 g/mol. The van der Waals surface area contributed by atoms with Crippen LogP contribution in [-0.4, -0.2) is 35.7 Å². The Morgan fingerprint density at radius 3 is 1.78 bits per heavy atom. The maximum absolute atomic E-state index is 4.96. The fraction of sp³-hybridized carbons (Fsp3) is 0.600. The average Bonchev–Trinajstić information content (AvgIpc) is 2.42. The highest BCUT2D eigenvalue weighted by molar-refractivity contribution is 7.80. The van der Waals surface area contributed by atoms with Crippen LogP contribution in [0.15, 0.2) is 10.2 Å². The first-order chi connectivity index (χ1) is 8.65. The molecule has 0 aromatic rings. The van der Waals surface area contributed by atoms with Gasteiger partial charge in [-0.2, -0.15) is 10.2 Å². The van der Waals surface area contributed by atoms with Crippen molar-refractivity contribution in [3.63, 3.8) is 0 Å². The van der Waals surface area contributed by atoms with Crippen molar-refractivity contribution in [2.75, 3.05) is 14.1 Å². The van der Waals surface area contributed by atoms with Gasteiger partial charge < -0.3 is 10.6 Å². The number of hydrogen-bond acceptors (Lipinski definition) is 4. The van der Waals surface area contributed by atoms with Crippen LogP contribution in [0, 0.1) is 0 Å². The van der Waals surface area contributed by atoms with Crippen molar-refractivity contribution in [3.05, 3.63) is 0 Å². The van der Waals surface area contributed by atoms with Crippen LogP contribution in [-0.2, 0) is 0 Å². The van der Waals surface area contributed by atoms with E-state index >= 15 is 0 Å². The smallest absolute Gasteiger partial charge is 0.186 e. The molecule has 0 heterocycles. The lowest BCUT2D eigenvalue weighted by molar-refractivity contribution is 0.835. The minimum atomic E-state index is 0.515. The normalized spacial score (nSPS) is 19.4. The molecule has 0 amide bonds. The van der Waals surface area contributed by atoms with E-state index in [1.807, 2.05) is 0 Å². The van der Waals surface area contributed by atoms with Gasteiger partial charge in [0, 0.05) is 31.9 Å². The van der Waals surface area contributed by atoms with Gasteiger partial charge in [-0.25, -0.2) is 0 Å². The number of rotatable bonds is 2. The summed E-state index contributed by atoms with van der Waals surface area (Å²) in [6.07, 6.45) is 3.72. The lowest BCUT2D eigenvalue weighted by Crippen LogP contribution is -2.31. The molecule has 100 valence electrons. The van der Waals surface area contributed by atoms with Crippen molar-refractivity contribution in [3.8, 4) is 0 Å². The molecule has 6 nitrogen and oxygen atoms in total. The van der Waals surface area contributed by atoms with Crippen LogP contribution < -0.4 is 21.5 Å². The monoisotopic (exact) mass is 286 g/mol. The minimum absolute atomic E-state index is 0.515. The third kappa shape index (κ3) is 5.37. The molecule has 1 aliphatic rings. The molecule has 8 heteroatoms. The highest BCUT2D eigenvalue weighted by Gasteiger charge is 2.13. The van der Waals surface area contributed by atoms with E-state index < -0.39 is 0 Å². The zero-order valence-electron chi connectivity index (χ0n) is 10.5. The SMILES string of the molecule is CNC(=S)N/N=C1/CCC/C(=N\NC(=S)NC)C1. The molecule has 0 bridgehead atoms. The van der Waals surface area contributed by atoms with Crippen molar-refractivity contribution >= 4 is 46.1 Å². The molecule has 1 saturated carbocycles. The molecule has 0 aromatic heterocycles. The standard InChI is InChI=1S/C10H18N6S2/c1-11-9(17)15-13-7-4-3-5-8(6-7)14-16-10(18)12-2/h3-6H2,1-2H3,(H2,11,15,17)(H2,12,16,18)/b13-7-,14-8+. The maximum Gasteiger partial charge on any atom is 0.186 e. The van der Waals surface area contributed by atoms with Crippen LogP contribution in [0.4, 0.5) is 0 Å². The van der Waals surface area contributed by atoms with Gasteiger partial charge in [-0.3, -0.25) is 10.9 Å². The molecule has 0 radical (unpaired) electrons. The Balaban J connectivity index is 2.50. The Hall–Kier alpha value is -1.28. The van der Waals surface area contributed by atoms with E-state index in [-0.39, 0.29) is 0 Å². The van der Waals surface area contributed by atoms with Crippen molar-refractivity contribution in [2.45, 2.75) is 25.7 Å². The van der Waals surface area contributed by atoms with Crippen LogP contribution in [0.25, 0.3) is 0 Å². The average molecular weight is 286 g/mol. The van der Waals surface area contributed by atoms with E-state index in [1.54, 1.807) is 14.1 Å². The van der Waals surface area contributed by atoms with Crippen LogP contribution >= 0.6 is 24.4 Å². The summed E-state index contributed by atoms with van der Waals surface area (Å²) in [5.74, 6) is 0. The molecule has 0 atom stereocenters. The highest BCUT2D eigenvalue weighted by atomic mass is 32.1. The number of nitrogens with zero attached hydrogens (tertiary/aromatic N) is 2. The van der Waals surface area contributed by atoms with Gasteiger partial charge in [-0.1, -0.05) is 0 Å². The van der Waals surface area contributed by atoms with Crippen LogP contribution in [0.2, 0.25) is 0 Å². The second kappa shape index (κ2) is 7.93. The van der Waals surface area contributed by atoms with E-state index in [4.69, 9.17) is 24.4 Å². The fourth-order valence-corrected chi connectivity index (χ4v) is 1.56. The number of hydrogen-bond donors (Lipinski definition) is 4. The molecule has 18 heavy (non-hydrogen) atoms. The number of hydrazone groups is 2. The Labute approximate surface area is 118 Å². The molecule has 4 N–H and O–H groups in total. The maximum atomic E-state index is 4.96. The van der Waals surface area contributed by atoms with Crippen LogP contribution in [0.3, 0.4) is 0 Å². The number of thiocarbonyl (C=S) groups is 2. The molecule has 1 rings (SSSR count). The van der Waals surface area contributed by atoms with Crippen molar-refractivity contribution in [1.82, 2.24) is 21.5 Å². The zero-order chi connectivity index (χ0) is 13.4. The first kappa shape index (κ1) is 14.8. The molecule has 0 unspecified atom stereocenters. The molecule has 1 fully saturated rings. The predicted octanol–water partition coefficient (Wildman–Crippen LogP) is 0.460. The Morgan fingerprint density at radius 2 is 1.39 bits per heavy atom. The van der Waals surface area contributed by atoms with Gasteiger partial charge in [-0.15, -0.1) is 0 Å². The van der Waals surface area contributed by atoms with Crippen LogP contribution in [0.5, 0.6) is 0 Å². The molecule has 0 saturated heterocycles. The first-order valence-corrected chi connectivity index (χ1v) is 6.53. The summed E-state index contributed by atoms with van der Waals surface area (Å²) in [6.45, 7) is 0. The van der Waals surface area contributed by atoms with Crippen molar-refractivity contribution in [1.29, 1.82) is 0 Å². The van der Waals surface area contributed by atoms with Crippen molar-refractivity contribution < 1.29 is 0 Å². The largest absolute Gasteiger partial charge is 0.364 e. The van der Waals surface area contributed by atoms with E-state index in [9.17, 15) is 0 Å². The Kier molecular flexibility index (Phi) is 6.51. The summed E-state index contributed by atoms with van der Waals surface area (Å²) < 4.78 is 0. The summed E-state index contributed by atoms with van der Waals surface area (Å²) in [5.41, 5.74) is 7.69. The molecule has 0 aliphatic heterocycles. The van der Waals surface area contributed by atoms with Gasteiger partial charge in [0.05, 0.1) is 0 Å². The zero-order valence-corrected chi connectivity index (χ0v) is 12.2. The summed E-state index contributed by atoms with van der Waals surface area (Å²) in [6, 6.07) is 0. The Bertz CT molecular complexity index is 343. The fourth-order valence-electron chi connectivity index (χ4n) is 1.47. The topological polar surface area (TPSA) is 72.8 Å². The van der Waals surface area contributed by atoms with Gasteiger partial charge in [-0.05, 0) is 43.7 Å².